The minimum Gasteiger partial charge on any atom is -0.465 e. The Bertz CT molecular complexity index is 255. The van der Waals surface area contributed by atoms with Gasteiger partial charge >= 0.3 is 5.97 Å². The molecule has 1 aliphatic rings. The summed E-state index contributed by atoms with van der Waals surface area (Å²) in [6.07, 6.45) is 6.05. The number of hydrogen-bond donors (Lipinski definition) is 1. The highest BCUT2D eigenvalue weighted by atomic mass is 16.5. The van der Waals surface area contributed by atoms with E-state index in [1.165, 1.54) is 0 Å². The van der Waals surface area contributed by atoms with Crippen molar-refractivity contribution in [2.45, 2.75) is 59.3 Å². The van der Waals surface area contributed by atoms with E-state index in [4.69, 9.17) is 10.5 Å². The molecular formula is C15H29NO2. The fraction of sp³-hybridized carbons (Fsp3) is 0.933. The van der Waals surface area contributed by atoms with E-state index in [2.05, 4.69) is 20.8 Å². The Kier molecular flexibility index (Phi) is 6.13. The largest absolute Gasteiger partial charge is 0.465 e. The third-order valence-electron chi connectivity index (χ3n) is 4.21. The van der Waals surface area contributed by atoms with Gasteiger partial charge in [0.2, 0.25) is 0 Å². The number of nitrogens with two attached hydrogens (primary N) is 1. The van der Waals surface area contributed by atoms with Crippen molar-refractivity contribution >= 4 is 5.97 Å². The summed E-state index contributed by atoms with van der Waals surface area (Å²) in [5.41, 5.74) is 5.45. The molecule has 0 bridgehead atoms. The first kappa shape index (κ1) is 15.5. The van der Waals surface area contributed by atoms with Crippen LogP contribution in [0.4, 0.5) is 0 Å². The minimum atomic E-state index is -0.385. The third kappa shape index (κ3) is 4.27. The van der Waals surface area contributed by atoms with E-state index in [0.29, 0.717) is 19.1 Å². The van der Waals surface area contributed by atoms with Crippen LogP contribution in [0.2, 0.25) is 0 Å². The summed E-state index contributed by atoms with van der Waals surface area (Å²) >= 11 is 0. The van der Waals surface area contributed by atoms with Gasteiger partial charge in [-0.1, -0.05) is 20.8 Å². The first-order valence-corrected chi connectivity index (χ1v) is 7.37. The minimum absolute atomic E-state index is 0.0549. The van der Waals surface area contributed by atoms with Crippen LogP contribution in [0.25, 0.3) is 0 Å². The highest BCUT2D eigenvalue weighted by Crippen LogP contribution is 2.39. The molecule has 0 heterocycles. The van der Waals surface area contributed by atoms with Gasteiger partial charge in [0.1, 0.15) is 0 Å². The van der Waals surface area contributed by atoms with Gasteiger partial charge in [-0.15, -0.1) is 0 Å². The Morgan fingerprint density at radius 2 is 2.00 bits per heavy atom. The topological polar surface area (TPSA) is 52.3 Å². The van der Waals surface area contributed by atoms with Crippen LogP contribution in [0.15, 0.2) is 0 Å². The van der Waals surface area contributed by atoms with E-state index in [-0.39, 0.29) is 11.4 Å². The van der Waals surface area contributed by atoms with Crippen molar-refractivity contribution in [3.05, 3.63) is 0 Å². The smallest absolute Gasteiger partial charge is 0.313 e. The predicted octanol–water partition coefficient (Wildman–Crippen LogP) is 3.12. The van der Waals surface area contributed by atoms with Gasteiger partial charge in [-0.2, -0.15) is 0 Å². The lowest BCUT2D eigenvalue weighted by molar-refractivity contribution is -0.158. The monoisotopic (exact) mass is 255 g/mol. The zero-order valence-corrected chi connectivity index (χ0v) is 12.2. The van der Waals surface area contributed by atoms with Crippen molar-refractivity contribution in [3.63, 3.8) is 0 Å². The average Bonchev–Trinajstić information content (AvgIpc) is 2.35. The van der Waals surface area contributed by atoms with Crippen molar-refractivity contribution in [1.29, 1.82) is 0 Å². The van der Waals surface area contributed by atoms with E-state index < -0.39 is 0 Å². The van der Waals surface area contributed by atoms with Crippen LogP contribution in [0, 0.1) is 17.3 Å². The molecule has 0 saturated heterocycles. The molecule has 0 unspecified atom stereocenters. The molecule has 1 fully saturated rings. The normalized spacial score (nSPS) is 28.4. The number of hydrogen-bond acceptors (Lipinski definition) is 3. The summed E-state index contributed by atoms with van der Waals surface area (Å²) in [5, 5.41) is 0. The lowest BCUT2D eigenvalue weighted by Crippen LogP contribution is -2.42. The van der Waals surface area contributed by atoms with Crippen LogP contribution in [-0.2, 0) is 9.53 Å². The first-order chi connectivity index (χ1) is 8.50. The predicted molar refractivity (Wildman–Crippen MR) is 74.2 cm³/mol. The SMILES string of the molecule is CC(C)CCCOC(=O)C1(CN)CCC(C)CC1. The summed E-state index contributed by atoms with van der Waals surface area (Å²) in [6.45, 7) is 7.60. The number of carbonyl (C=O) groups is 1. The molecule has 2 N–H and O–H groups in total. The van der Waals surface area contributed by atoms with Gasteiger partial charge in [-0.05, 0) is 50.4 Å². The molecule has 1 aliphatic carbocycles. The summed E-state index contributed by atoms with van der Waals surface area (Å²) in [4.78, 5) is 12.2. The van der Waals surface area contributed by atoms with Gasteiger partial charge in [0, 0.05) is 6.54 Å². The third-order valence-corrected chi connectivity index (χ3v) is 4.21. The zero-order valence-electron chi connectivity index (χ0n) is 12.2. The van der Waals surface area contributed by atoms with Gasteiger partial charge in [0.05, 0.1) is 12.0 Å². The summed E-state index contributed by atoms with van der Waals surface area (Å²) in [5.74, 6) is 1.33. The maximum atomic E-state index is 12.2. The highest BCUT2D eigenvalue weighted by molar-refractivity contribution is 5.77. The fourth-order valence-corrected chi connectivity index (χ4v) is 2.62. The van der Waals surface area contributed by atoms with Crippen molar-refractivity contribution in [1.82, 2.24) is 0 Å². The molecule has 0 aromatic heterocycles. The van der Waals surface area contributed by atoms with Crippen LogP contribution >= 0.6 is 0 Å². The first-order valence-electron chi connectivity index (χ1n) is 7.37. The van der Waals surface area contributed by atoms with Gasteiger partial charge in [-0.25, -0.2) is 0 Å². The van der Waals surface area contributed by atoms with Crippen LogP contribution in [-0.4, -0.2) is 19.1 Å². The standard InChI is InChI=1S/C15H29NO2/c1-12(2)5-4-10-18-14(17)15(11-16)8-6-13(3)7-9-15/h12-13H,4-11,16H2,1-3H3. The number of rotatable bonds is 6. The quantitative estimate of drug-likeness (QED) is 0.586. The molecule has 3 nitrogen and oxygen atoms in total. The van der Waals surface area contributed by atoms with Crippen molar-refractivity contribution < 1.29 is 9.53 Å². The van der Waals surface area contributed by atoms with Crippen molar-refractivity contribution in [3.8, 4) is 0 Å². The molecule has 0 aromatic rings. The molecule has 3 heteroatoms. The maximum Gasteiger partial charge on any atom is 0.313 e. The molecule has 106 valence electrons. The summed E-state index contributed by atoms with van der Waals surface area (Å²) < 4.78 is 5.44. The molecule has 1 saturated carbocycles. The second kappa shape index (κ2) is 7.13. The van der Waals surface area contributed by atoms with Crippen LogP contribution in [0.5, 0.6) is 0 Å². The molecule has 0 aromatic carbocycles. The molecule has 18 heavy (non-hydrogen) atoms. The second-order valence-electron chi connectivity index (χ2n) is 6.34. The molecule has 0 amide bonds. The Balaban J connectivity index is 2.37. The van der Waals surface area contributed by atoms with E-state index in [0.717, 1.165) is 44.4 Å². The summed E-state index contributed by atoms with van der Waals surface area (Å²) in [7, 11) is 0. The Hall–Kier alpha value is -0.570. The Labute approximate surface area is 111 Å². The van der Waals surface area contributed by atoms with E-state index >= 15 is 0 Å². The van der Waals surface area contributed by atoms with Gasteiger partial charge in [0.15, 0.2) is 0 Å². The lowest BCUT2D eigenvalue weighted by atomic mass is 9.71. The summed E-state index contributed by atoms with van der Waals surface area (Å²) in [6, 6.07) is 0. The van der Waals surface area contributed by atoms with Gasteiger partial charge in [0.25, 0.3) is 0 Å². The fourth-order valence-electron chi connectivity index (χ4n) is 2.62. The second-order valence-corrected chi connectivity index (χ2v) is 6.34. The lowest BCUT2D eigenvalue weighted by Gasteiger charge is -2.36. The molecule has 1 rings (SSSR count). The van der Waals surface area contributed by atoms with Crippen LogP contribution in [0.3, 0.4) is 0 Å². The molecule has 0 radical (unpaired) electrons. The van der Waals surface area contributed by atoms with Crippen LogP contribution in [0.1, 0.15) is 59.3 Å². The molecule has 0 aliphatic heterocycles. The number of carbonyl (C=O) groups excluding carboxylic acids is 1. The van der Waals surface area contributed by atoms with E-state index in [9.17, 15) is 4.79 Å². The number of esters is 1. The molecular weight excluding hydrogens is 226 g/mol. The van der Waals surface area contributed by atoms with Crippen LogP contribution < -0.4 is 5.73 Å². The Morgan fingerprint density at radius 1 is 1.39 bits per heavy atom. The van der Waals surface area contributed by atoms with Gasteiger partial charge in [-0.3, -0.25) is 4.79 Å². The van der Waals surface area contributed by atoms with E-state index in [1.807, 2.05) is 0 Å². The Morgan fingerprint density at radius 3 is 2.50 bits per heavy atom. The van der Waals surface area contributed by atoms with Crippen molar-refractivity contribution in [2.75, 3.05) is 13.2 Å². The zero-order chi connectivity index (χ0) is 13.6. The molecule has 0 spiro atoms. The highest BCUT2D eigenvalue weighted by Gasteiger charge is 2.41. The van der Waals surface area contributed by atoms with Gasteiger partial charge < -0.3 is 10.5 Å². The van der Waals surface area contributed by atoms with E-state index in [1.54, 1.807) is 0 Å². The van der Waals surface area contributed by atoms with Crippen molar-refractivity contribution in [2.24, 2.45) is 23.0 Å². The molecule has 0 atom stereocenters. The number of ether oxygens (including phenoxy) is 1. The average molecular weight is 255 g/mol. The maximum absolute atomic E-state index is 12.2.